The maximum atomic E-state index is 4.02. The van der Waals surface area contributed by atoms with Gasteiger partial charge in [0.1, 0.15) is 0 Å². The minimum Gasteiger partial charge on any atom is -0.343 e. The Labute approximate surface area is 168 Å². The lowest BCUT2D eigenvalue weighted by molar-refractivity contribution is 1.02. The summed E-state index contributed by atoms with van der Waals surface area (Å²) in [6, 6.07) is 30.6. The van der Waals surface area contributed by atoms with E-state index in [9.17, 15) is 0 Å². The zero-order valence-corrected chi connectivity index (χ0v) is 16.3. The van der Waals surface area contributed by atoms with Crippen LogP contribution in [0.3, 0.4) is 0 Å². The third kappa shape index (κ3) is 2.11. The molecule has 2 nitrogen and oxygen atoms in total. The van der Waals surface area contributed by atoms with Crippen LogP contribution in [-0.4, -0.2) is 9.13 Å². The van der Waals surface area contributed by atoms with Crippen LogP contribution in [0.25, 0.3) is 60.9 Å². The molecule has 0 radical (unpaired) electrons. The number of benzene rings is 4. The number of fused-ring (bicyclic) bond motifs is 6. The first-order chi connectivity index (χ1) is 14.3. The highest BCUT2D eigenvalue weighted by Gasteiger charge is 2.14. The number of aryl methyl sites for hydroxylation is 1. The minimum atomic E-state index is 1.19. The predicted octanol–water partition coefficient (Wildman–Crippen LogP) is 7.21. The van der Waals surface area contributed by atoms with Gasteiger partial charge in [-0.1, -0.05) is 67.2 Å². The van der Waals surface area contributed by atoms with E-state index >= 15 is 0 Å². The fraction of sp³-hybridized carbons (Fsp3) is 0.0370. The lowest BCUT2D eigenvalue weighted by Gasteiger charge is -2.08. The molecule has 0 spiro atoms. The van der Waals surface area contributed by atoms with Crippen molar-refractivity contribution in [3.05, 3.63) is 91.5 Å². The van der Waals surface area contributed by atoms with Crippen molar-refractivity contribution in [2.75, 3.05) is 0 Å². The van der Waals surface area contributed by atoms with Crippen molar-refractivity contribution in [1.29, 1.82) is 0 Å². The molecule has 2 aromatic heterocycles. The molecule has 0 saturated heterocycles. The van der Waals surface area contributed by atoms with Crippen molar-refractivity contribution in [2.24, 2.45) is 7.05 Å². The summed E-state index contributed by atoms with van der Waals surface area (Å²) in [7, 11) is 2.16. The Morgan fingerprint density at radius 2 is 1.31 bits per heavy atom. The quantitative estimate of drug-likeness (QED) is 0.304. The normalized spacial score (nSPS) is 11.8. The highest BCUT2D eigenvalue weighted by atomic mass is 15.0. The van der Waals surface area contributed by atoms with Crippen molar-refractivity contribution in [3.63, 3.8) is 0 Å². The van der Waals surface area contributed by atoms with Gasteiger partial charge in [-0.15, -0.1) is 0 Å². The van der Waals surface area contributed by atoms with Crippen LogP contribution in [0.15, 0.2) is 91.5 Å². The van der Waals surface area contributed by atoms with Crippen LogP contribution < -0.4 is 0 Å². The Morgan fingerprint density at radius 3 is 2.10 bits per heavy atom. The van der Waals surface area contributed by atoms with Crippen LogP contribution in [-0.2, 0) is 7.05 Å². The molecular weight excluding hydrogens is 352 g/mol. The molecule has 0 aliphatic carbocycles. The number of aromatic nitrogens is 2. The first kappa shape index (κ1) is 16.2. The van der Waals surface area contributed by atoms with E-state index in [1.807, 2.05) is 6.20 Å². The monoisotopic (exact) mass is 372 g/mol. The summed E-state index contributed by atoms with van der Waals surface area (Å²) in [5.41, 5.74) is 7.42. The Morgan fingerprint density at radius 1 is 0.655 bits per heavy atom. The van der Waals surface area contributed by atoms with Gasteiger partial charge in [-0.3, -0.25) is 0 Å². The summed E-state index contributed by atoms with van der Waals surface area (Å²) < 4.78 is 4.49. The standard InChI is InChI=1S/C27H20N2/c1-3-29-25-14-7-5-10-21(25)23-17-18(15-16-26(23)29)19-11-8-12-22-20-9-4-6-13-24(20)28(2)27(19)22/h3-17H,1H2,2H3. The molecule has 2 heterocycles. The first-order valence-corrected chi connectivity index (χ1v) is 9.89. The van der Waals surface area contributed by atoms with Crippen LogP contribution in [0.5, 0.6) is 0 Å². The van der Waals surface area contributed by atoms with Crippen molar-refractivity contribution in [2.45, 2.75) is 0 Å². The largest absolute Gasteiger partial charge is 0.343 e. The Hall–Kier alpha value is -3.78. The topological polar surface area (TPSA) is 9.86 Å². The molecule has 0 fully saturated rings. The van der Waals surface area contributed by atoms with E-state index in [-0.39, 0.29) is 0 Å². The summed E-state index contributed by atoms with van der Waals surface area (Å²) in [5.74, 6) is 0. The lowest BCUT2D eigenvalue weighted by atomic mass is 10.00. The van der Waals surface area contributed by atoms with Gasteiger partial charge in [-0.2, -0.15) is 0 Å². The molecular formula is C27H20N2. The molecule has 0 atom stereocenters. The van der Waals surface area contributed by atoms with Crippen LogP contribution in [0, 0.1) is 0 Å². The van der Waals surface area contributed by atoms with Crippen molar-refractivity contribution < 1.29 is 0 Å². The molecule has 6 aromatic rings. The van der Waals surface area contributed by atoms with Crippen molar-refractivity contribution in [1.82, 2.24) is 9.13 Å². The van der Waals surface area contributed by atoms with E-state index in [2.05, 4.69) is 108 Å². The lowest BCUT2D eigenvalue weighted by Crippen LogP contribution is -1.90. The van der Waals surface area contributed by atoms with Crippen LogP contribution >= 0.6 is 0 Å². The number of nitrogens with zero attached hydrogens (tertiary/aromatic N) is 2. The van der Waals surface area contributed by atoms with Crippen LogP contribution in [0.4, 0.5) is 0 Å². The van der Waals surface area contributed by atoms with Crippen molar-refractivity contribution >= 4 is 49.8 Å². The molecule has 0 unspecified atom stereocenters. The van der Waals surface area contributed by atoms with Crippen molar-refractivity contribution in [3.8, 4) is 11.1 Å². The zero-order chi connectivity index (χ0) is 19.5. The second-order valence-corrected chi connectivity index (χ2v) is 7.58. The first-order valence-electron chi connectivity index (χ1n) is 9.89. The SMILES string of the molecule is C=Cn1c2ccccc2c2cc(-c3cccc4c5ccccc5n(C)c34)ccc21. The minimum absolute atomic E-state index is 1.19. The molecule has 0 aliphatic rings. The summed E-state index contributed by atoms with van der Waals surface area (Å²) in [6.45, 7) is 4.02. The number of hydrogen-bond donors (Lipinski definition) is 0. The average molecular weight is 372 g/mol. The predicted molar refractivity (Wildman–Crippen MR) is 125 cm³/mol. The molecule has 0 saturated carbocycles. The third-order valence-corrected chi connectivity index (χ3v) is 6.13. The summed E-state index contributed by atoms with van der Waals surface area (Å²) in [6.07, 6.45) is 1.90. The maximum absolute atomic E-state index is 4.02. The van der Waals surface area contributed by atoms with E-state index in [0.29, 0.717) is 0 Å². The van der Waals surface area contributed by atoms with Gasteiger partial charge in [-0.05, 0) is 29.8 Å². The Bertz CT molecular complexity index is 1580. The van der Waals surface area contributed by atoms with Gasteiger partial charge in [0, 0.05) is 45.9 Å². The fourth-order valence-corrected chi connectivity index (χ4v) is 4.84. The van der Waals surface area contributed by atoms with Gasteiger partial charge < -0.3 is 9.13 Å². The third-order valence-electron chi connectivity index (χ3n) is 6.13. The molecule has 6 rings (SSSR count). The fourth-order valence-electron chi connectivity index (χ4n) is 4.84. The molecule has 0 amide bonds. The van der Waals surface area contributed by atoms with Gasteiger partial charge in [0.25, 0.3) is 0 Å². The van der Waals surface area contributed by atoms with E-state index in [1.54, 1.807) is 0 Å². The summed E-state index contributed by atoms with van der Waals surface area (Å²) >= 11 is 0. The summed E-state index contributed by atoms with van der Waals surface area (Å²) in [4.78, 5) is 0. The highest BCUT2D eigenvalue weighted by molar-refractivity contribution is 6.14. The van der Waals surface area contributed by atoms with E-state index in [1.165, 1.54) is 54.7 Å². The Kier molecular flexibility index (Phi) is 3.27. The smallest absolute Gasteiger partial charge is 0.0568 e. The second kappa shape index (κ2) is 5.86. The van der Waals surface area contributed by atoms with Crippen LogP contribution in [0.1, 0.15) is 0 Å². The van der Waals surface area contributed by atoms with Gasteiger partial charge in [-0.25, -0.2) is 0 Å². The molecule has 138 valence electrons. The number of rotatable bonds is 2. The molecule has 0 bridgehead atoms. The van der Waals surface area contributed by atoms with E-state index in [4.69, 9.17) is 0 Å². The van der Waals surface area contributed by atoms with Gasteiger partial charge in [0.05, 0.1) is 16.6 Å². The van der Waals surface area contributed by atoms with Gasteiger partial charge in [0.15, 0.2) is 0 Å². The average Bonchev–Trinajstić information content (AvgIpc) is 3.26. The highest BCUT2D eigenvalue weighted by Crippen LogP contribution is 2.38. The summed E-state index contributed by atoms with van der Waals surface area (Å²) in [5, 5.41) is 5.12. The maximum Gasteiger partial charge on any atom is 0.0568 e. The van der Waals surface area contributed by atoms with Gasteiger partial charge in [0.2, 0.25) is 0 Å². The number of hydrogen-bond acceptors (Lipinski definition) is 0. The second-order valence-electron chi connectivity index (χ2n) is 7.58. The van der Waals surface area contributed by atoms with E-state index in [0.717, 1.165) is 0 Å². The molecule has 0 N–H and O–H groups in total. The zero-order valence-electron chi connectivity index (χ0n) is 16.3. The van der Waals surface area contributed by atoms with Crippen LogP contribution in [0.2, 0.25) is 0 Å². The molecule has 29 heavy (non-hydrogen) atoms. The Balaban J connectivity index is 1.72. The molecule has 2 heteroatoms. The van der Waals surface area contributed by atoms with Gasteiger partial charge >= 0.3 is 0 Å². The number of para-hydroxylation sites is 3. The van der Waals surface area contributed by atoms with E-state index < -0.39 is 0 Å². The molecule has 0 aliphatic heterocycles. The molecule has 4 aromatic carbocycles.